The van der Waals surface area contributed by atoms with Crippen LogP contribution in [-0.4, -0.2) is 10.8 Å². The van der Waals surface area contributed by atoms with Crippen molar-refractivity contribution in [3.63, 3.8) is 0 Å². The molecule has 0 amide bonds. The molecule has 2 nitrogen and oxygen atoms in total. The minimum Gasteiger partial charge on any atom is -0.294 e. The summed E-state index contributed by atoms with van der Waals surface area (Å²) in [6.07, 6.45) is 3.13. The molecule has 0 N–H and O–H groups in total. The predicted molar refractivity (Wildman–Crippen MR) is 63.4 cm³/mol. The van der Waals surface area contributed by atoms with Crippen molar-refractivity contribution in [2.45, 2.75) is 13.3 Å². The third kappa shape index (κ3) is 2.42. The lowest BCUT2D eigenvalue weighted by Crippen LogP contribution is -2.08. The summed E-state index contributed by atoms with van der Waals surface area (Å²) in [4.78, 5) is 15.7. The highest BCUT2D eigenvalue weighted by Gasteiger charge is 2.17. The van der Waals surface area contributed by atoms with Crippen molar-refractivity contribution in [3.8, 4) is 0 Å². The summed E-state index contributed by atoms with van der Waals surface area (Å²) < 4.78 is 27.0. The van der Waals surface area contributed by atoms with Crippen molar-refractivity contribution in [2.75, 3.05) is 0 Å². The first-order valence-electron chi connectivity index (χ1n) is 5.46. The normalized spacial score (nSPS) is 10.4. The number of nitrogens with zero attached hydrogens (tertiary/aromatic N) is 1. The average Bonchev–Trinajstić information content (AvgIpc) is 2.37. The maximum absolute atomic E-state index is 13.6. The van der Waals surface area contributed by atoms with E-state index in [9.17, 15) is 13.6 Å². The van der Waals surface area contributed by atoms with E-state index in [4.69, 9.17) is 0 Å². The van der Waals surface area contributed by atoms with Crippen molar-refractivity contribution in [3.05, 3.63) is 65.0 Å². The number of carbonyl (C=O) groups excluding carboxylic acids is 1. The first-order valence-corrected chi connectivity index (χ1v) is 5.46. The van der Waals surface area contributed by atoms with E-state index in [0.717, 1.165) is 5.56 Å². The largest absolute Gasteiger partial charge is 0.294 e. The van der Waals surface area contributed by atoms with Crippen LogP contribution in [0.15, 0.2) is 36.7 Å². The molecule has 0 saturated heterocycles. The Morgan fingerprint density at radius 3 is 2.44 bits per heavy atom. The van der Waals surface area contributed by atoms with Crippen LogP contribution < -0.4 is 0 Å². The lowest BCUT2D eigenvalue weighted by Gasteiger charge is -2.05. The number of Topliss-reactive ketones (excluding diaryl/α,β-unsaturated/α-hetero) is 1. The number of benzene rings is 1. The zero-order valence-electron chi connectivity index (χ0n) is 9.78. The number of aryl methyl sites for hydroxylation is 1. The third-order valence-electron chi connectivity index (χ3n) is 2.69. The lowest BCUT2D eigenvalue weighted by molar-refractivity contribution is 0.0988. The Hall–Kier alpha value is -2.10. The molecule has 0 bridgehead atoms. The zero-order chi connectivity index (χ0) is 13.1. The summed E-state index contributed by atoms with van der Waals surface area (Å²) in [7, 11) is 0. The van der Waals surface area contributed by atoms with Gasteiger partial charge in [0, 0.05) is 18.8 Å². The van der Waals surface area contributed by atoms with E-state index in [2.05, 4.69) is 4.98 Å². The van der Waals surface area contributed by atoms with Crippen LogP contribution in [0.5, 0.6) is 0 Å². The first kappa shape index (κ1) is 12.4. The second-order valence-corrected chi connectivity index (χ2v) is 4.01. The highest BCUT2D eigenvalue weighted by molar-refractivity contribution is 5.97. The van der Waals surface area contributed by atoms with Gasteiger partial charge in [-0.05, 0) is 36.2 Å². The first-order chi connectivity index (χ1) is 8.59. The van der Waals surface area contributed by atoms with Crippen LogP contribution in [0.1, 0.15) is 21.5 Å². The quantitative estimate of drug-likeness (QED) is 0.780. The molecule has 0 aliphatic carbocycles. The number of hydrogen-bond donors (Lipinski definition) is 0. The molecule has 4 heteroatoms. The maximum Gasteiger partial charge on any atom is 0.170 e. The molecule has 0 aliphatic heterocycles. The van der Waals surface area contributed by atoms with Gasteiger partial charge in [-0.15, -0.1) is 0 Å². The minimum atomic E-state index is -1.07. The lowest BCUT2D eigenvalue weighted by atomic mass is 10.0. The van der Waals surface area contributed by atoms with Gasteiger partial charge < -0.3 is 0 Å². The molecule has 2 aromatic rings. The monoisotopic (exact) mass is 247 g/mol. The van der Waals surface area contributed by atoms with E-state index in [1.54, 1.807) is 24.5 Å². The van der Waals surface area contributed by atoms with Gasteiger partial charge in [0.05, 0.1) is 5.56 Å². The molecular weight excluding hydrogens is 236 g/mol. The fourth-order valence-electron chi connectivity index (χ4n) is 1.64. The number of carbonyl (C=O) groups is 1. The Morgan fingerprint density at radius 1 is 1.11 bits per heavy atom. The highest BCUT2D eigenvalue weighted by Crippen LogP contribution is 2.17. The van der Waals surface area contributed by atoms with Crippen molar-refractivity contribution in [1.29, 1.82) is 0 Å². The maximum atomic E-state index is 13.6. The predicted octanol–water partition coefficient (Wildman–Crippen LogP) is 3.09. The van der Waals surface area contributed by atoms with Gasteiger partial charge in [0.2, 0.25) is 0 Å². The molecule has 18 heavy (non-hydrogen) atoms. The van der Waals surface area contributed by atoms with Crippen molar-refractivity contribution in [2.24, 2.45) is 0 Å². The van der Waals surface area contributed by atoms with Crippen molar-refractivity contribution >= 4 is 5.78 Å². The van der Waals surface area contributed by atoms with Crippen LogP contribution in [0, 0.1) is 18.6 Å². The Kier molecular flexibility index (Phi) is 3.46. The summed E-state index contributed by atoms with van der Waals surface area (Å²) in [5.74, 6) is -2.48. The molecule has 0 radical (unpaired) electrons. The van der Waals surface area contributed by atoms with Gasteiger partial charge in [0.1, 0.15) is 0 Å². The third-order valence-corrected chi connectivity index (χ3v) is 2.69. The number of rotatable bonds is 3. The summed E-state index contributed by atoms with van der Waals surface area (Å²) in [6, 6.07) is 6.05. The van der Waals surface area contributed by atoms with Gasteiger partial charge >= 0.3 is 0 Å². The summed E-state index contributed by atoms with van der Waals surface area (Å²) in [6.45, 7) is 1.45. The zero-order valence-corrected chi connectivity index (χ0v) is 9.78. The fourth-order valence-corrected chi connectivity index (χ4v) is 1.64. The van der Waals surface area contributed by atoms with Gasteiger partial charge in [-0.25, -0.2) is 8.78 Å². The standard InChI is InChI=1S/C14H11F2NO/c1-9-2-3-11(14(16)13(9)15)12(18)8-10-4-6-17-7-5-10/h2-7H,8H2,1H3. The van der Waals surface area contributed by atoms with Gasteiger partial charge in [-0.1, -0.05) is 6.07 Å². The van der Waals surface area contributed by atoms with Crippen molar-refractivity contribution < 1.29 is 13.6 Å². The van der Waals surface area contributed by atoms with E-state index in [1.807, 2.05) is 0 Å². The van der Waals surface area contributed by atoms with Crippen molar-refractivity contribution in [1.82, 2.24) is 4.98 Å². The smallest absolute Gasteiger partial charge is 0.170 e. The molecule has 1 aromatic heterocycles. The summed E-state index contributed by atoms with van der Waals surface area (Å²) >= 11 is 0. The van der Waals surface area contributed by atoms with E-state index in [-0.39, 0.29) is 17.5 Å². The molecule has 0 unspecified atom stereocenters. The SMILES string of the molecule is Cc1ccc(C(=O)Cc2ccncc2)c(F)c1F. The minimum absolute atomic E-state index is 0.0297. The Bertz CT molecular complexity index is 582. The number of halogens is 2. The Balaban J connectivity index is 2.28. The molecule has 0 spiro atoms. The van der Waals surface area contributed by atoms with Crippen LogP contribution >= 0.6 is 0 Å². The summed E-state index contributed by atoms with van der Waals surface area (Å²) in [5, 5.41) is 0. The second-order valence-electron chi connectivity index (χ2n) is 4.01. The molecule has 0 fully saturated rings. The van der Waals surface area contributed by atoms with Gasteiger partial charge in [0.15, 0.2) is 17.4 Å². The van der Waals surface area contributed by atoms with Crippen LogP contribution in [-0.2, 0) is 6.42 Å². The van der Waals surface area contributed by atoms with Crippen LogP contribution in [0.2, 0.25) is 0 Å². The highest BCUT2D eigenvalue weighted by atomic mass is 19.2. The molecule has 1 heterocycles. The molecule has 0 aliphatic rings. The van der Waals surface area contributed by atoms with Crippen LogP contribution in [0.4, 0.5) is 8.78 Å². The molecule has 92 valence electrons. The second kappa shape index (κ2) is 5.04. The topological polar surface area (TPSA) is 30.0 Å². The van der Waals surface area contributed by atoms with E-state index in [0.29, 0.717) is 0 Å². The molecule has 1 aromatic carbocycles. The number of aromatic nitrogens is 1. The van der Waals surface area contributed by atoms with Gasteiger partial charge in [-0.2, -0.15) is 0 Å². The Labute approximate surface area is 103 Å². The van der Waals surface area contributed by atoms with E-state index in [1.165, 1.54) is 19.1 Å². The average molecular weight is 247 g/mol. The Morgan fingerprint density at radius 2 is 1.78 bits per heavy atom. The molecular formula is C14H11F2NO. The van der Waals surface area contributed by atoms with Gasteiger partial charge in [0.25, 0.3) is 0 Å². The molecule has 0 atom stereocenters. The summed E-state index contributed by atoms with van der Waals surface area (Å²) in [5.41, 5.74) is 0.693. The number of ketones is 1. The van der Waals surface area contributed by atoms with E-state index >= 15 is 0 Å². The van der Waals surface area contributed by atoms with Crippen LogP contribution in [0.25, 0.3) is 0 Å². The van der Waals surface area contributed by atoms with Gasteiger partial charge in [-0.3, -0.25) is 9.78 Å². The molecule has 0 saturated carbocycles. The fraction of sp³-hybridized carbons (Fsp3) is 0.143. The number of hydrogen-bond acceptors (Lipinski definition) is 2. The van der Waals surface area contributed by atoms with Crippen LogP contribution in [0.3, 0.4) is 0 Å². The molecule has 2 rings (SSSR count). The number of pyridine rings is 1. The van der Waals surface area contributed by atoms with E-state index < -0.39 is 17.4 Å².